The fourth-order valence-corrected chi connectivity index (χ4v) is 0.993. The summed E-state index contributed by atoms with van der Waals surface area (Å²) >= 11 is 0. The minimum absolute atomic E-state index is 0.0394. The largest absolute Gasteiger partial charge is 0.327 e. The minimum atomic E-state index is 0.0394. The number of rotatable bonds is 3. The van der Waals surface area contributed by atoms with E-state index in [-0.39, 0.29) is 11.5 Å². The average molecular weight is 143 g/mol. The van der Waals surface area contributed by atoms with E-state index >= 15 is 0 Å². The molecule has 0 aliphatic heterocycles. The topological polar surface area (TPSA) is 43.1 Å². The van der Waals surface area contributed by atoms with E-state index in [4.69, 9.17) is 5.73 Å². The van der Waals surface area contributed by atoms with Crippen molar-refractivity contribution in [2.75, 3.05) is 0 Å². The van der Waals surface area contributed by atoms with Gasteiger partial charge in [-0.15, -0.1) is 0 Å². The van der Waals surface area contributed by atoms with Crippen molar-refractivity contribution in [3.8, 4) is 0 Å². The van der Waals surface area contributed by atoms with Crippen molar-refractivity contribution in [1.29, 1.82) is 0 Å². The quantitative estimate of drug-likeness (QED) is 0.606. The Bertz CT molecular complexity index is 104. The van der Waals surface area contributed by atoms with E-state index in [0.717, 1.165) is 12.7 Å². The molecule has 2 nitrogen and oxygen atoms in total. The molecule has 60 valence electrons. The standard InChI is InChI=1S/C8H17NO/c1-8(2,3)6-7(9)4-5-10/h5,7H,4,6,9H2,1-3H3. The molecule has 2 heteroatoms. The highest BCUT2D eigenvalue weighted by molar-refractivity contribution is 5.50. The van der Waals surface area contributed by atoms with Crippen molar-refractivity contribution in [3.05, 3.63) is 0 Å². The van der Waals surface area contributed by atoms with E-state index < -0.39 is 0 Å². The Hall–Kier alpha value is -0.370. The van der Waals surface area contributed by atoms with Crippen LogP contribution in [0.1, 0.15) is 33.6 Å². The van der Waals surface area contributed by atoms with Crippen molar-refractivity contribution in [2.24, 2.45) is 11.1 Å². The van der Waals surface area contributed by atoms with Crippen LogP contribution in [0, 0.1) is 5.41 Å². The average Bonchev–Trinajstić information content (AvgIpc) is 1.59. The van der Waals surface area contributed by atoms with Crippen LogP contribution in [0.15, 0.2) is 0 Å². The molecule has 2 N–H and O–H groups in total. The van der Waals surface area contributed by atoms with Gasteiger partial charge >= 0.3 is 0 Å². The summed E-state index contributed by atoms with van der Waals surface area (Å²) < 4.78 is 0. The molecule has 0 bridgehead atoms. The Labute approximate surface area is 62.8 Å². The van der Waals surface area contributed by atoms with Crippen LogP contribution in [0.5, 0.6) is 0 Å². The van der Waals surface area contributed by atoms with Gasteiger partial charge in [0.2, 0.25) is 0 Å². The summed E-state index contributed by atoms with van der Waals surface area (Å²) in [5.41, 5.74) is 5.88. The molecule has 0 amide bonds. The van der Waals surface area contributed by atoms with Gasteiger partial charge in [0, 0.05) is 12.5 Å². The molecule has 10 heavy (non-hydrogen) atoms. The molecule has 0 aromatic carbocycles. The molecule has 0 heterocycles. The van der Waals surface area contributed by atoms with Gasteiger partial charge in [0.05, 0.1) is 0 Å². The lowest BCUT2D eigenvalue weighted by molar-refractivity contribution is -0.108. The fourth-order valence-electron chi connectivity index (χ4n) is 0.993. The van der Waals surface area contributed by atoms with Gasteiger partial charge in [0.25, 0.3) is 0 Å². The molecule has 0 saturated heterocycles. The van der Waals surface area contributed by atoms with Gasteiger partial charge < -0.3 is 10.5 Å². The maximum absolute atomic E-state index is 10.0. The molecular formula is C8H17NO. The highest BCUT2D eigenvalue weighted by Crippen LogP contribution is 2.20. The number of hydrogen-bond donors (Lipinski definition) is 1. The third-order valence-electron chi connectivity index (χ3n) is 1.27. The highest BCUT2D eigenvalue weighted by atomic mass is 16.1. The van der Waals surface area contributed by atoms with Crippen LogP contribution in [0.3, 0.4) is 0 Å². The smallest absolute Gasteiger partial charge is 0.121 e. The lowest BCUT2D eigenvalue weighted by atomic mass is 9.87. The number of hydrogen-bond acceptors (Lipinski definition) is 2. The Morgan fingerprint density at radius 2 is 2.00 bits per heavy atom. The number of nitrogens with two attached hydrogens (primary N) is 1. The summed E-state index contributed by atoms with van der Waals surface area (Å²) in [5.74, 6) is 0. The third kappa shape index (κ3) is 5.76. The van der Waals surface area contributed by atoms with E-state index in [1.165, 1.54) is 0 Å². The lowest BCUT2D eigenvalue weighted by Gasteiger charge is -2.21. The first-order valence-electron chi connectivity index (χ1n) is 3.65. The van der Waals surface area contributed by atoms with Crippen LogP contribution in [0.2, 0.25) is 0 Å². The van der Waals surface area contributed by atoms with E-state index in [0.29, 0.717) is 6.42 Å². The second-order valence-electron chi connectivity index (χ2n) is 3.93. The van der Waals surface area contributed by atoms with E-state index in [2.05, 4.69) is 20.8 Å². The summed E-state index contributed by atoms with van der Waals surface area (Å²) in [5, 5.41) is 0. The number of carbonyl (C=O) groups is 1. The fraction of sp³-hybridized carbons (Fsp3) is 0.875. The molecule has 0 aliphatic rings. The zero-order valence-corrected chi connectivity index (χ0v) is 7.05. The van der Waals surface area contributed by atoms with Crippen LogP contribution >= 0.6 is 0 Å². The summed E-state index contributed by atoms with van der Waals surface area (Å²) in [6.45, 7) is 6.37. The van der Waals surface area contributed by atoms with Gasteiger partial charge in [-0.2, -0.15) is 0 Å². The lowest BCUT2D eigenvalue weighted by Crippen LogP contribution is -2.26. The maximum Gasteiger partial charge on any atom is 0.121 e. The SMILES string of the molecule is CC(C)(C)CC(N)CC=O. The van der Waals surface area contributed by atoms with Crippen LogP contribution in [-0.4, -0.2) is 12.3 Å². The second kappa shape index (κ2) is 3.71. The maximum atomic E-state index is 10.0. The van der Waals surface area contributed by atoms with Crippen molar-refractivity contribution in [3.63, 3.8) is 0 Å². The predicted molar refractivity (Wildman–Crippen MR) is 42.7 cm³/mol. The van der Waals surface area contributed by atoms with Gasteiger partial charge in [-0.1, -0.05) is 20.8 Å². The van der Waals surface area contributed by atoms with E-state index in [9.17, 15) is 4.79 Å². The minimum Gasteiger partial charge on any atom is -0.327 e. The molecule has 0 aliphatic carbocycles. The zero-order valence-electron chi connectivity index (χ0n) is 7.05. The molecule has 1 atom stereocenters. The van der Waals surface area contributed by atoms with E-state index in [1.54, 1.807) is 0 Å². The molecule has 0 saturated carbocycles. The summed E-state index contributed by atoms with van der Waals surface area (Å²) in [6.07, 6.45) is 2.28. The Kier molecular flexibility index (Phi) is 3.58. The third-order valence-corrected chi connectivity index (χ3v) is 1.27. The number of aldehydes is 1. The first-order valence-corrected chi connectivity index (χ1v) is 3.65. The summed E-state index contributed by atoms with van der Waals surface area (Å²) in [7, 11) is 0. The first kappa shape index (κ1) is 9.63. The summed E-state index contributed by atoms with van der Waals surface area (Å²) in [4.78, 5) is 10.0. The number of carbonyl (C=O) groups excluding carboxylic acids is 1. The van der Waals surface area contributed by atoms with Crippen LogP contribution in [-0.2, 0) is 4.79 Å². The second-order valence-corrected chi connectivity index (χ2v) is 3.93. The van der Waals surface area contributed by atoms with Gasteiger partial charge in [0.1, 0.15) is 6.29 Å². The Morgan fingerprint density at radius 3 is 2.30 bits per heavy atom. The van der Waals surface area contributed by atoms with Gasteiger partial charge in [0.15, 0.2) is 0 Å². The van der Waals surface area contributed by atoms with Crippen LogP contribution < -0.4 is 5.73 Å². The summed E-state index contributed by atoms with van der Waals surface area (Å²) in [6, 6.07) is 0.0394. The van der Waals surface area contributed by atoms with Crippen molar-refractivity contribution >= 4 is 6.29 Å². The van der Waals surface area contributed by atoms with Crippen molar-refractivity contribution < 1.29 is 4.79 Å². The Balaban J connectivity index is 3.56. The highest BCUT2D eigenvalue weighted by Gasteiger charge is 2.14. The predicted octanol–water partition coefficient (Wildman–Crippen LogP) is 1.34. The molecule has 0 fully saturated rings. The van der Waals surface area contributed by atoms with Crippen LogP contribution in [0.25, 0.3) is 0 Å². The monoisotopic (exact) mass is 143 g/mol. The molecule has 0 aromatic rings. The molecule has 1 unspecified atom stereocenters. The normalized spacial score (nSPS) is 14.8. The van der Waals surface area contributed by atoms with E-state index in [1.807, 2.05) is 0 Å². The molecule has 0 spiro atoms. The van der Waals surface area contributed by atoms with Gasteiger partial charge in [-0.05, 0) is 11.8 Å². The Morgan fingerprint density at radius 1 is 1.50 bits per heavy atom. The molecule has 0 radical (unpaired) electrons. The molecule has 0 rings (SSSR count). The van der Waals surface area contributed by atoms with Crippen molar-refractivity contribution in [2.45, 2.75) is 39.7 Å². The van der Waals surface area contributed by atoms with Gasteiger partial charge in [-0.25, -0.2) is 0 Å². The molecular weight excluding hydrogens is 126 g/mol. The first-order chi connectivity index (χ1) is 4.45. The van der Waals surface area contributed by atoms with Crippen molar-refractivity contribution in [1.82, 2.24) is 0 Å². The zero-order chi connectivity index (χ0) is 8.20. The molecule has 0 aromatic heterocycles. The van der Waals surface area contributed by atoms with Crippen LogP contribution in [0.4, 0.5) is 0 Å². The van der Waals surface area contributed by atoms with Gasteiger partial charge in [-0.3, -0.25) is 0 Å².